The fourth-order valence-electron chi connectivity index (χ4n) is 1.43. The molecule has 1 N–H and O–H groups in total. The van der Waals surface area contributed by atoms with E-state index in [1.807, 2.05) is 13.8 Å². The van der Waals surface area contributed by atoms with E-state index in [0.29, 0.717) is 12.1 Å². The van der Waals surface area contributed by atoms with Crippen LogP contribution in [0.5, 0.6) is 5.75 Å². The van der Waals surface area contributed by atoms with Crippen LogP contribution in [0.3, 0.4) is 0 Å². The first-order valence-corrected chi connectivity index (χ1v) is 5.60. The Morgan fingerprint density at radius 3 is 2.71 bits per heavy atom. The predicted molar refractivity (Wildman–Crippen MR) is 64.8 cm³/mol. The zero-order chi connectivity index (χ0) is 12.8. The van der Waals surface area contributed by atoms with Gasteiger partial charge in [0, 0.05) is 12.5 Å². The van der Waals surface area contributed by atoms with Gasteiger partial charge in [-0.3, -0.25) is 4.79 Å². The van der Waals surface area contributed by atoms with E-state index in [4.69, 9.17) is 4.74 Å². The fraction of sp³-hybridized carbons (Fsp3) is 0.462. The van der Waals surface area contributed by atoms with Crippen molar-refractivity contribution < 1.29 is 13.9 Å². The number of nitrogens with one attached hydrogen (secondary N) is 1. The molecule has 0 saturated heterocycles. The third-order valence-corrected chi connectivity index (χ3v) is 2.32. The Balaban J connectivity index is 2.57. The number of rotatable bonds is 6. The number of methoxy groups -OCH3 is 1. The van der Waals surface area contributed by atoms with Crippen molar-refractivity contribution in [3.63, 3.8) is 0 Å². The van der Waals surface area contributed by atoms with Gasteiger partial charge in [-0.2, -0.15) is 0 Å². The lowest BCUT2D eigenvalue weighted by atomic mass is 10.1. The normalized spacial score (nSPS) is 10.6. The highest BCUT2D eigenvalue weighted by Gasteiger charge is 2.08. The molecule has 0 bridgehead atoms. The van der Waals surface area contributed by atoms with E-state index in [2.05, 4.69) is 5.32 Å². The monoisotopic (exact) mass is 239 g/mol. The SMILES string of the molecule is COc1ccc(CC(=O)CNC(C)C)cc1F. The van der Waals surface area contributed by atoms with Gasteiger partial charge in [-0.05, 0) is 17.7 Å². The van der Waals surface area contributed by atoms with E-state index in [1.165, 1.54) is 19.2 Å². The van der Waals surface area contributed by atoms with Gasteiger partial charge in [0.25, 0.3) is 0 Å². The summed E-state index contributed by atoms with van der Waals surface area (Å²) in [4.78, 5) is 11.6. The number of carbonyl (C=O) groups is 1. The molecule has 3 nitrogen and oxygen atoms in total. The van der Waals surface area contributed by atoms with Crippen molar-refractivity contribution in [3.8, 4) is 5.75 Å². The number of halogens is 1. The maximum absolute atomic E-state index is 13.4. The summed E-state index contributed by atoms with van der Waals surface area (Å²) < 4.78 is 18.2. The molecule has 1 aromatic rings. The predicted octanol–water partition coefficient (Wildman–Crippen LogP) is 1.94. The van der Waals surface area contributed by atoms with Crippen LogP contribution in [0, 0.1) is 5.82 Å². The second kappa shape index (κ2) is 6.35. The highest BCUT2D eigenvalue weighted by molar-refractivity contribution is 5.82. The lowest BCUT2D eigenvalue weighted by molar-refractivity contribution is -0.117. The third kappa shape index (κ3) is 4.53. The summed E-state index contributed by atoms with van der Waals surface area (Å²) in [5.74, 6) is -0.195. The Kier molecular flexibility index (Phi) is 5.10. The molecular formula is C13H18FNO2. The van der Waals surface area contributed by atoms with Crippen molar-refractivity contribution in [1.29, 1.82) is 0 Å². The van der Waals surface area contributed by atoms with Gasteiger partial charge in [0.05, 0.1) is 13.7 Å². The summed E-state index contributed by atoms with van der Waals surface area (Å²) in [6.07, 6.45) is 0.237. The lowest BCUT2D eigenvalue weighted by Gasteiger charge is -2.08. The van der Waals surface area contributed by atoms with Crippen molar-refractivity contribution in [3.05, 3.63) is 29.6 Å². The van der Waals surface area contributed by atoms with E-state index in [-0.39, 0.29) is 24.0 Å². The molecule has 0 atom stereocenters. The Bertz CT molecular complexity index is 391. The van der Waals surface area contributed by atoms with Gasteiger partial charge >= 0.3 is 0 Å². The second-order valence-electron chi connectivity index (χ2n) is 4.22. The number of carbonyl (C=O) groups excluding carboxylic acids is 1. The minimum Gasteiger partial charge on any atom is -0.494 e. The van der Waals surface area contributed by atoms with Crippen molar-refractivity contribution in [2.75, 3.05) is 13.7 Å². The molecule has 0 aliphatic heterocycles. The molecule has 0 amide bonds. The average molecular weight is 239 g/mol. The maximum Gasteiger partial charge on any atom is 0.165 e. The molecule has 0 unspecified atom stereocenters. The van der Waals surface area contributed by atoms with E-state index >= 15 is 0 Å². The van der Waals surface area contributed by atoms with Crippen LogP contribution in [0.1, 0.15) is 19.4 Å². The molecule has 17 heavy (non-hydrogen) atoms. The van der Waals surface area contributed by atoms with Crippen LogP contribution >= 0.6 is 0 Å². The molecule has 0 aliphatic rings. The molecule has 1 rings (SSSR count). The van der Waals surface area contributed by atoms with Gasteiger partial charge in [-0.15, -0.1) is 0 Å². The zero-order valence-electron chi connectivity index (χ0n) is 10.4. The second-order valence-corrected chi connectivity index (χ2v) is 4.22. The minimum absolute atomic E-state index is 0.0447. The zero-order valence-corrected chi connectivity index (χ0v) is 10.4. The standard InChI is InChI=1S/C13H18FNO2/c1-9(2)15-8-11(16)6-10-4-5-13(17-3)12(14)7-10/h4-5,7,9,15H,6,8H2,1-3H3. The Labute approximate surface area is 101 Å². The highest BCUT2D eigenvalue weighted by atomic mass is 19.1. The highest BCUT2D eigenvalue weighted by Crippen LogP contribution is 2.17. The van der Waals surface area contributed by atoms with Crippen molar-refractivity contribution in [2.24, 2.45) is 0 Å². The largest absolute Gasteiger partial charge is 0.494 e. The van der Waals surface area contributed by atoms with Crippen molar-refractivity contribution in [2.45, 2.75) is 26.3 Å². The summed E-state index contributed by atoms with van der Waals surface area (Å²) in [6.45, 7) is 4.26. The third-order valence-electron chi connectivity index (χ3n) is 2.32. The molecular weight excluding hydrogens is 221 g/mol. The van der Waals surface area contributed by atoms with E-state index in [9.17, 15) is 9.18 Å². The molecule has 94 valence electrons. The Morgan fingerprint density at radius 2 is 2.18 bits per heavy atom. The van der Waals surface area contributed by atoms with Gasteiger partial charge < -0.3 is 10.1 Å². The van der Waals surface area contributed by atoms with Gasteiger partial charge in [0.15, 0.2) is 17.3 Å². The number of Topliss-reactive ketones (excluding diaryl/α,β-unsaturated/α-hetero) is 1. The van der Waals surface area contributed by atoms with E-state index in [1.54, 1.807) is 6.07 Å². The van der Waals surface area contributed by atoms with E-state index in [0.717, 1.165) is 0 Å². The first kappa shape index (κ1) is 13.6. The van der Waals surface area contributed by atoms with Crippen LogP contribution in [0.2, 0.25) is 0 Å². The Morgan fingerprint density at radius 1 is 1.47 bits per heavy atom. The minimum atomic E-state index is -0.436. The lowest BCUT2D eigenvalue weighted by Crippen LogP contribution is -2.29. The molecule has 0 aromatic heterocycles. The van der Waals surface area contributed by atoms with Crippen LogP contribution in [0.25, 0.3) is 0 Å². The van der Waals surface area contributed by atoms with Crippen LogP contribution in [-0.4, -0.2) is 25.5 Å². The Hall–Kier alpha value is -1.42. The molecule has 0 spiro atoms. The summed E-state index contributed by atoms with van der Waals surface area (Å²) in [5.41, 5.74) is 0.666. The molecule has 0 fully saturated rings. The maximum atomic E-state index is 13.4. The van der Waals surface area contributed by atoms with Crippen LogP contribution in [0.4, 0.5) is 4.39 Å². The quantitative estimate of drug-likeness (QED) is 0.824. The molecule has 0 saturated carbocycles. The van der Waals surface area contributed by atoms with Gasteiger partial charge in [-0.25, -0.2) is 4.39 Å². The number of hydrogen-bond acceptors (Lipinski definition) is 3. The summed E-state index contributed by atoms with van der Waals surface area (Å²) in [5, 5.41) is 3.03. The van der Waals surface area contributed by atoms with Crippen molar-refractivity contribution >= 4 is 5.78 Å². The summed E-state index contributed by atoms with van der Waals surface area (Å²) in [6, 6.07) is 4.85. The number of hydrogen-bond donors (Lipinski definition) is 1. The van der Waals surface area contributed by atoms with Crippen LogP contribution < -0.4 is 10.1 Å². The average Bonchev–Trinajstić information content (AvgIpc) is 2.26. The van der Waals surface area contributed by atoms with Gasteiger partial charge in [0.1, 0.15) is 0 Å². The smallest absolute Gasteiger partial charge is 0.165 e. The summed E-state index contributed by atoms with van der Waals surface area (Å²) >= 11 is 0. The first-order chi connectivity index (χ1) is 8.02. The molecule has 1 aromatic carbocycles. The van der Waals surface area contributed by atoms with Crippen molar-refractivity contribution in [1.82, 2.24) is 5.32 Å². The van der Waals surface area contributed by atoms with Gasteiger partial charge in [0.2, 0.25) is 0 Å². The van der Waals surface area contributed by atoms with Crippen LogP contribution in [-0.2, 0) is 11.2 Å². The number of benzene rings is 1. The summed E-state index contributed by atoms with van der Waals surface area (Å²) in [7, 11) is 1.41. The number of ether oxygens (including phenoxy) is 1. The molecule has 0 radical (unpaired) electrons. The molecule has 0 heterocycles. The topological polar surface area (TPSA) is 38.3 Å². The number of ketones is 1. The first-order valence-electron chi connectivity index (χ1n) is 5.60. The fourth-order valence-corrected chi connectivity index (χ4v) is 1.43. The molecule has 4 heteroatoms. The van der Waals surface area contributed by atoms with E-state index < -0.39 is 5.82 Å². The molecule has 0 aliphatic carbocycles. The van der Waals surface area contributed by atoms with Crippen LogP contribution in [0.15, 0.2) is 18.2 Å². The van der Waals surface area contributed by atoms with Gasteiger partial charge in [-0.1, -0.05) is 19.9 Å².